The molecule has 1 spiro atoms. The fourth-order valence-electron chi connectivity index (χ4n) is 6.72. The molecule has 2 saturated carbocycles. The van der Waals surface area contributed by atoms with Gasteiger partial charge in [0.15, 0.2) is 23.4 Å². The minimum Gasteiger partial charge on any atom is -0.504 e. The summed E-state index contributed by atoms with van der Waals surface area (Å²) in [7, 11) is 0. The van der Waals surface area contributed by atoms with Crippen molar-refractivity contribution in [3.63, 3.8) is 0 Å². The Morgan fingerprint density at radius 2 is 2.13 bits per heavy atom. The number of rotatable bonds is 0. The summed E-state index contributed by atoms with van der Waals surface area (Å²) in [5.74, 6) is 1.43. The summed E-state index contributed by atoms with van der Waals surface area (Å²) in [6.07, 6.45) is 6.57. The quantitative estimate of drug-likeness (QED) is 0.767. The molecule has 4 nitrogen and oxygen atoms in total. The van der Waals surface area contributed by atoms with Crippen LogP contribution in [0.4, 0.5) is 0 Å². The van der Waals surface area contributed by atoms with Gasteiger partial charge in [-0.2, -0.15) is 0 Å². The van der Waals surface area contributed by atoms with E-state index in [4.69, 9.17) is 4.74 Å². The topological polar surface area (TPSA) is 66.8 Å². The Kier molecular flexibility index (Phi) is 1.91. The first-order chi connectivity index (χ1) is 11.1. The van der Waals surface area contributed by atoms with Crippen molar-refractivity contribution < 1.29 is 19.7 Å². The molecule has 6 rings (SSSR count). The number of aryl methyl sites for hydroxylation is 1. The number of phenols is 1. The molecule has 4 heteroatoms. The van der Waals surface area contributed by atoms with Gasteiger partial charge in [-0.3, -0.25) is 4.79 Å². The van der Waals surface area contributed by atoms with Crippen LogP contribution in [0.15, 0.2) is 24.3 Å². The van der Waals surface area contributed by atoms with Crippen LogP contribution in [0.5, 0.6) is 11.5 Å². The van der Waals surface area contributed by atoms with Gasteiger partial charge in [-0.15, -0.1) is 0 Å². The van der Waals surface area contributed by atoms with Crippen LogP contribution < -0.4 is 4.74 Å². The van der Waals surface area contributed by atoms with Crippen LogP contribution >= 0.6 is 0 Å². The van der Waals surface area contributed by atoms with Gasteiger partial charge < -0.3 is 14.9 Å². The molecule has 2 N–H and O–H groups in total. The molecule has 3 unspecified atom stereocenters. The van der Waals surface area contributed by atoms with E-state index < -0.39 is 17.1 Å². The van der Waals surface area contributed by atoms with Crippen LogP contribution in [0.1, 0.15) is 30.4 Å². The molecule has 1 heterocycles. The van der Waals surface area contributed by atoms with Crippen LogP contribution in [0, 0.1) is 17.8 Å². The number of ether oxygens (including phenoxy) is 1. The third-order valence-electron chi connectivity index (χ3n) is 7.40. The van der Waals surface area contributed by atoms with E-state index in [1.54, 1.807) is 12.1 Å². The lowest BCUT2D eigenvalue weighted by Gasteiger charge is -2.51. The Morgan fingerprint density at radius 1 is 1.26 bits per heavy atom. The zero-order valence-electron chi connectivity index (χ0n) is 12.7. The van der Waals surface area contributed by atoms with E-state index >= 15 is 0 Å². The molecule has 23 heavy (non-hydrogen) atoms. The first-order valence-electron chi connectivity index (χ1n) is 8.55. The highest BCUT2D eigenvalue weighted by molar-refractivity contribution is 5.99. The molecular formula is C19H18O4. The highest BCUT2D eigenvalue weighted by Gasteiger charge is 2.78. The number of benzene rings is 1. The predicted octanol–water partition coefficient (Wildman–Crippen LogP) is 1.86. The molecule has 1 aromatic carbocycles. The largest absolute Gasteiger partial charge is 0.504 e. The molecular weight excluding hydrogens is 292 g/mol. The highest BCUT2D eigenvalue weighted by atomic mass is 16.5. The van der Waals surface area contributed by atoms with E-state index in [1.807, 2.05) is 6.07 Å². The standard InChI is InChI=1S/C19H18O4/c20-13-4-3-9-1-2-10-7-11-8-12(10)19-15(9)16(13)23-17(19)14(21)5-6-18(11,19)22/h3-6,10-12,17,20,22H,1-2,7-8H2/t10?,11-,12?,17+,18-,19?/m1/s1. The van der Waals surface area contributed by atoms with Crippen molar-refractivity contribution in [2.75, 3.05) is 0 Å². The maximum Gasteiger partial charge on any atom is 0.196 e. The summed E-state index contributed by atoms with van der Waals surface area (Å²) in [6.45, 7) is 0. The first-order valence-corrected chi connectivity index (χ1v) is 8.55. The molecule has 0 saturated heterocycles. The van der Waals surface area contributed by atoms with Gasteiger partial charge >= 0.3 is 0 Å². The minimum absolute atomic E-state index is 0.0792. The number of hydrogen-bond donors (Lipinski definition) is 2. The van der Waals surface area contributed by atoms with Crippen molar-refractivity contribution in [1.82, 2.24) is 0 Å². The smallest absolute Gasteiger partial charge is 0.196 e. The van der Waals surface area contributed by atoms with Crippen LogP contribution in [0.25, 0.3) is 0 Å². The molecule has 0 aromatic heterocycles. The highest BCUT2D eigenvalue weighted by Crippen LogP contribution is 2.73. The van der Waals surface area contributed by atoms with Crippen LogP contribution in [-0.2, 0) is 16.6 Å². The van der Waals surface area contributed by atoms with E-state index in [0.717, 1.165) is 36.8 Å². The van der Waals surface area contributed by atoms with Gasteiger partial charge in [-0.1, -0.05) is 6.07 Å². The number of hydrogen-bond acceptors (Lipinski definition) is 4. The summed E-state index contributed by atoms with van der Waals surface area (Å²) in [5.41, 5.74) is 0.353. The maximum absolute atomic E-state index is 12.6. The summed E-state index contributed by atoms with van der Waals surface area (Å²) < 4.78 is 6.03. The zero-order chi connectivity index (χ0) is 15.6. The summed E-state index contributed by atoms with van der Waals surface area (Å²) in [6, 6.07) is 3.62. The lowest BCUT2D eigenvalue weighted by atomic mass is 9.53. The third kappa shape index (κ3) is 1.07. The fourth-order valence-corrected chi connectivity index (χ4v) is 6.72. The molecule has 1 aromatic rings. The van der Waals surface area contributed by atoms with E-state index in [0.29, 0.717) is 11.7 Å². The SMILES string of the molecule is O=C1C=C[C@@]2(O)[C@@H]3CC4CCc5ccc(O)c6c5C2(C4C3)[C@H]1O6. The number of carbonyl (C=O) groups is 1. The molecule has 4 aliphatic carbocycles. The van der Waals surface area contributed by atoms with Gasteiger partial charge in [0.05, 0.1) is 5.41 Å². The first kappa shape index (κ1) is 12.6. The Morgan fingerprint density at radius 3 is 3.00 bits per heavy atom. The second-order valence-electron chi connectivity index (χ2n) is 7.95. The summed E-state index contributed by atoms with van der Waals surface area (Å²) >= 11 is 0. The minimum atomic E-state index is -1.02. The van der Waals surface area contributed by atoms with E-state index in [9.17, 15) is 15.0 Å². The average molecular weight is 310 g/mol. The van der Waals surface area contributed by atoms with E-state index in [1.165, 1.54) is 6.08 Å². The number of carbonyl (C=O) groups excluding carboxylic acids is 1. The number of aliphatic hydroxyl groups is 1. The number of ketones is 1. The van der Waals surface area contributed by atoms with Crippen LogP contribution in [0.2, 0.25) is 0 Å². The third-order valence-corrected chi connectivity index (χ3v) is 7.40. The lowest BCUT2D eigenvalue weighted by molar-refractivity contribution is -0.138. The molecule has 2 bridgehead atoms. The van der Waals surface area contributed by atoms with Gasteiger partial charge in [0.1, 0.15) is 5.60 Å². The molecule has 0 radical (unpaired) electrons. The van der Waals surface area contributed by atoms with Gasteiger partial charge in [0.25, 0.3) is 0 Å². The van der Waals surface area contributed by atoms with Crippen molar-refractivity contribution in [3.05, 3.63) is 35.4 Å². The average Bonchev–Trinajstić information content (AvgIpc) is 3.16. The molecule has 0 amide bonds. The van der Waals surface area contributed by atoms with Crippen molar-refractivity contribution in [1.29, 1.82) is 0 Å². The summed E-state index contributed by atoms with van der Waals surface area (Å²) in [5, 5.41) is 22.0. The Hall–Kier alpha value is -1.81. The van der Waals surface area contributed by atoms with Gasteiger partial charge in [0.2, 0.25) is 0 Å². The number of phenolic OH excluding ortho intramolecular Hbond substituents is 1. The van der Waals surface area contributed by atoms with E-state index in [-0.39, 0.29) is 23.4 Å². The summed E-state index contributed by atoms with van der Waals surface area (Å²) in [4.78, 5) is 12.6. The Labute approximate surface area is 133 Å². The molecule has 118 valence electrons. The molecule has 2 fully saturated rings. The Balaban J connectivity index is 1.78. The normalized spacial score (nSPS) is 47.4. The van der Waals surface area contributed by atoms with Gasteiger partial charge in [-0.05, 0) is 67.2 Å². The van der Waals surface area contributed by atoms with Gasteiger partial charge in [0, 0.05) is 5.56 Å². The van der Waals surface area contributed by atoms with Crippen LogP contribution in [0.3, 0.4) is 0 Å². The zero-order valence-corrected chi connectivity index (χ0v) is 12.7. The molecule has 5 aliphatic rings. The maximum atomic E-state index is 12.6. The van der Waals surface area contributed by atoms with Crippen molar-refractivity contribution in [3.8, 4) is 11.5 Å². The monoisotopic (exact) mass is 310 g/mol. The number of fused-ring (bicyclic) bond motifs is 2. The van der Waals surface area contributed by atoms with E-state index in [2.05, 4.69) is 0 Å². The predicted molar refractivity (Wildman–Crippen MR) is 81.3 cm³/mol. The van der Waals surface area contributed by atoms with Crippen molar-refractivity contribution in [2.24, 2.45) is 17.8 Å². The molecule has 6 atom stereocenters. The van der Waals surface area contributed by atoms with Crippen molar-refractivity contribution >= 4 is 5.78 Å². The number of aromatic hydroxyl groups is 1. The fraction of sp³-hybridized carbons (Fsp3) is 0.526. The van der Waals surface area contributed by atoms with Gasteiger partial charge in [-0.25, -0.2) is 0 Å². The lowest BCUT2D eigenvalue weighted by Crippen LogP contribution is -2.65. The second-order valence-corrected chi connectivity index (χ2v) is 7.95. The molecule has 1 aliphatic heterocycles. The van der Waals surface area contributed by atoms with Crippen LogP contribution in [-0.4, -0.2) is 27.7 Å². The van der Waals surface area contributed by atoms with Crippen molar-refractivity contribution in [2.45, 2.75) is 42.8 Å². The Bertz CT molecular complexity index is 812. The second kappa shape index (κ2) is 3.48.